The number of hydrogen-bond acceptors (Lipinski definition) is 5. The van der Waals surface area contributed by atoms with Crippen molar-refractivity contribution in [3.63, 3.8) is 0 Å². The van der Waals surface area contributed by atoms with Gasteiger partial charge in [-0.1, -0.05) is 0 Å². The van der Waals surface area contributed by atoms with Gasteiger partial charge in [-0.3, -0.25) is 4.79 Å². The summed E-state index contributed by atoms with van der Waals surface area (Å²) in [6, 6.07) is 0. The van der Waals surface area contributed by atoms with Crippen LogP contribution in [0.5, 0.6) is 0 Å². The van der Waals surface area contributed by atoms with Crippen molar-refractivity contribution >= 4 is 11.7 Å². The molecule has 22 heavy (non-hydrogen) atoms. The Bertz CT molecular complexity index is 594. The van der Waals surface area contributed by atoms with E-state index < -0.39 is 11.5 Å². The fraction of sp³-hybridized carbons (Fsp3) is 0.688. The lowest BCUT2D eigenvalue weighted by molar-refractivity contribution is -0.138. The van der Waals surface area contributed by atoms with Gasteiger partial charge >= 0.3 is 0 Å². The molecule has 0 aromatic carbocycles. The van der Waals surface area contributed by atoms with Gasteiger partial charge in [0.2, 0.25) is 5.91 Å². The van der Waals surface area contributed by atoms with Crippen LogP contribution in [0.3, 0.4) is 0 Å². The average molecular weight is 304 g/mol. The molecule has 3 rings (SSSR count). The van der Waals surface area contributed by atoms with Gasteiger partial charge in [0.05, 0.1) is 11.5 Å². The fourth-order valence-electron chi connectivity index (χ4n) is 3.65. The van der Waals surface area contributed by atoms with Crippen LogP contribution in [0, 0.1) is 26.2 Å². The van der Waals surface area contributed by atoms with Gasteiger partial charge in [0, 0.05) is 30.9 Å². The first-order chi connectivity index (χ1) is 10.4. The van der Waals surface area contributed by atoms with Gasteiger partial charge in [-0.05, 0) is 40.0 Å². The number of carbonyl (C=O) groups excluding carboxylic acids is 1. The lowest BCUT2D eigenvalue weighted by Gasteiger charge is -2.44. The molecule has 120 valence electrons. The first-order valence-electron chi connectivity index (χ1n) is 7.94. The van der Waals surface area contributed by atoms with E-state index in [2.05, 4.69) is 20.2 Å². The Balaban J connectivity index is 1.78. The Morgan fingerprint density at radius 1 is 1.23 bits per heavy atom. The molecular formula is C16H24N4O2. The quantitative estimate of drug-likeness (QED) is 0.805. The maximum atomic E-state index is 12.3. The molecule has 2 fully saturated rings. The number of hydrogen-bond donors (Lipinski definition) is 2. The van der Waals surface area contributed by atoms with Gasteiger partial charge < -0.3 is 15.3 Å². The Morgan fingerprint density at radius 3 is 2.59 bits per heavy atom. The third-order valence-electron chi connectivity index (χ3n) is 5.10. The first kappa shape index (κ1) is 15.2. The van der Waals surface area contributed by atoms with Gasteiger partial charge in [-0.15, -0.1) is 0 Å². The topological polar surface area (TPSA) is 78.4 Å². The molecule has 1 aromatic rings. The van der Waals surface area contributed by atoms with Crippen molar-refractivity contribution in [1.29, 1.82) is 0 Å². The Hall–Kier alpha value is -1.69. The molecule has 2 N–H and O–H groups in total. The van der Waals surface area contributed by atoms with E-state index in [9.17, 15) is 9.90 Å². The zero-order valence-electron chi connectivity index (χ0n) is 13.5. The maximum Gasteiger partial charge on any atom is 0.226 e. The molecule has 1 unspecified atom stereocenters. The van der Waals surface area contributed by atoms with E-state index >= 15 is 0 Å². The fourth-order valence-corrected chi connectivity index (χ4v) is 3.65. The largest absolute Gasteiger partial charge is 0.391 e. The van der Waals surface area contributed by atoms with Gasteiger partial charge in [-0.25, -0.2) is 9.97 Å². The van der Waals surface area contributed by atoms with E-state index in [-0.39, 0.29) is 5.91 Å². The minimum atomic E-state index is -0.422. The second-order valence-electron chi connectivity index (χ2n) is 6.64. The van der Waals surface area contributed by atoms with Gasteiger partial charge in [0.25, 0.3) is 0 Å². The number of nitrogens with one attached hydrogen (secondary N) is 1. The summed E-state index contributed by atoms with van der Waals surface area (Å²) in [6.45, 7) is 7.92. The number of rotatable bonds is 1. The van der Waals surface area contributed by atoms with Crippen LogP contribution in [-0.4, -0.2) is 46.7 Å². The Morgan fingerprint density at radius 2 is 1.91 bits per heavy atom. The number of nitrogens with zero attached hydrogens (tertiary/aromatic N) is 3. The molecule has 0 saturated carbocycles. The highest BCUT2D eigenvalue weighted by Crippen LogP contribution is 2.39. The van der Waals surface area contributed by atoms with Crippen LogP contribution in [-0.2, 0) is 4.79 Å². The zero-order chi connectivity index (χ0) is 15.9. The van der Waals surface area contributed by atoms with Crippen LogP contribution < -0.4 is 10.2 Å². The molecule has 6 nitrogen and oxygen atoms in total. The highest BCUT2D eigenvalue weighted by molar-refractivity contribution is 5.84. The van der Waals surface area contributed by atoms with E-state index in [1.807, 2.05) is 20.8 Å². The number of aryl methyl sites for hydroxylation is 2. The van der Waals surface area contributed by atoms with Crippen LogP contribution in [0.2, 0.25) is 0 Å². The molecule has 0 bridgehead atoms. The normalized spacial score (nSPS) is 24.5. The Kier molecular flexibility index (Phi) is 3.80. The summed E-state index contributed by atoms with van der Waals surface area (Å²) in [5.74, 6) is 1.87. The van der Waals surface area contributed by atoms with Gasteiger partial charge in [0.15, 0.2) is 0 Å². The highest BCUT2D eigenvalue weighted by atomic mass is 16.3. The van der Waals surface area contributed by atoms with Crippen molar-refractivity contribution in [2.45, 2.75) is 46.1 Å². The van der Waals surface area contributed by atoms with Crippen LogP contribution in [0.15, 0.2) is 0 Å². The van der Waals surface area contributed by atoms with Gasteiger partial charge in [-0.2, -0.15) is 0 Å². The van der Waals surface area contributed by atoms with Crippen LogP contribution in [0.4, 0.5) is 5.82 Å². The lowest BCUT2D eigenvalue weighted by atomic mass is 9.71. The molecule has 2 aliphatic rings. The number of aromatic nitrogens is 2. The molecule has 2 aliphatic heterocycles. The highest BCUT2D eigenvalue weighted by Gasteiger charge is 2.45. The van der Waals surface area contributed by atoms with Crippen molar-refractivity contribution in [2.75, 3.05) is 24.5 Å². The van der Waals surface area contributed by atoms with E-state index in [4.69, 9.17) is 0 Å². The minimum absolute atomic E-state index is 0.101. The standard InChI is InChI=1S/C16H24N4O2/c1-10-11(2)18-12(3)19-14(10)20-6-4-16(5-7-20)8-13(21)9-17-15(16)22/h13,21H,4-9H2,1-3H3,(H,17,22). The van der Waals surface area contributed by atoms with E-state index in [1.165, 1.54) is 0 Å². The number of piperidine rings is 2. The summed E-state index contributed by atoms with van der Waals surface area (Å²) in [5, 5.41) is 12.7. The third kappa shape index (κ3) is 2.56. The number of anilines is 1. The molecule has 0 aliphatic carbocycles. The summed E-state index contributed by atoms with van der Waals surface area (Å²) in [6.07, 6.45) is 1.68. The number of β-amino-alcohol motifs (C(OH)–C–C–N with tert-alkyl or cyclic N) is 1. The minimum Gasteiger partial charge on any atom is -0.391 e. The second-order valence-corrected chi connectivity index (χ2v) is 6.64. The first-order valence-corrected chi connectivity index (χ1v) is 7.94. The molecule has 3 heterocycles. The molecular weight excluding hydrogens is 280 g/mol. The lowest BCUT2D eigenvalue weighted by Crippen LogP contribution is -2.56. The van der Waals surface area contributed by atoms with Gasteiger partial charge in [0.1, 0.15) is 11.6 Å². The number of carbonyl (C=O) groups is 1. The average Bonchev–Trinajstić information content (AvgIpc) is 2.48. The molecule has 1 atom stereocenters. The maximum absolute atomic E-state index is 12.3. The van der Waals surface area contributed by atoms with E-state index in [0.717, 1.165) is 48.8 Å². The number of aliphatic hydroxyl groups excluding tert-OH is 1. The molecule has 1 aromatic heterocycles. The van der Waals surface area contributed by atoms with Crippen molar-refractivity contribution in [3.05, 3.63) is 17.1 Å². The van der Waals surface area contributed by atoms with Crippen LogP contribution in [0.1, 0.15) is 36.3 Å². The van der Waals surface area contributed by atoms with Crippen LogP contribution >= 0.6 is 0 Å². The number of aliphatic hydroxyl groups is 1. The van der Waals surface area contributed by atoms with Crippen molar-refractivity contribution in [2.24, 2.45) is 5.41 Å². The molecule has 2 saturated heterocycles. The van der Waals surface area contributed by atoms with Crippen molar-refractivity contribution in [3.8, 4) is 0 Å². The smallest absolute Gasteiger partial charge is 0.226 e. The summed E-state index contributed by atoms with van der Waals surface area (Å²) in [4.78, 5) is 23.5. The molecule has 0 radical (unpaired) electrons. The summed E-state index contributed by atoms with van der Waals surface area (Å²) in [7, 11) is 0. The second kappa shape index (κ2) is 5.50. The monoisotopic (exact) mass is 304 g/mol. The predicted octanol–water partition coefficient (Wildman–Crippen LogP) is 0.869. The number of amides is 1. The summed E-state index contributed by atoms with van der Waals surface area (Å²) >= 11 is 0. The SMILES string of the molecule is Cc1nc(C)c(C)c(N2CCC3(CC2)CC(O)CNC3=O)n1. The van der Waals surface area contributed by atoms with E-state index in [0.29, 0.717) is 13.0 Å². The Labute approximate surface area is 131 Å². The third-order valence-corrected chi connectivity index (χ3v) is 5.10. The van der Waals surface area contributed by atoms with Crippen molar-refractivity contribution < 1.29 is 9.90 Å². The summed E-state index contributed by atoms with van der Waals surface area (Å²) in [5.41, 5.74) is 1.71. The summed E-state index contributed by atoms with van der Waals surface area (Å²) < 4.78 is 0. The molecule has 6 heteroatoms. The zero-order valence-corrected chi connectivity index (χ0v) is 13.5. The van der Waals surface area contributed by atoms with Crippen molar-refractivity contribution in [1.82, 2.24) is 15.3 Å². The van der Waals surface area contributed by atoms with E-state index in [1.54, 1.807) is 0 Å². The predicted molar refractivity (Wildman–Crippen MR) is 83.8 cm³/mol. The molecule has 1 spiro atoms. The molecule has 1 amide bonds. The van der Waals surface area contributed by atoms with Crippen LogP contribution in [0.25, 0.3) is 0 Å².